The van der Waals surface area contributed by atoms with Gasteiger partial charge in [0.25, 0.3) is 0 Å². The monoisotopic (exact) mass is 361 g/mol. The van der Waals surface area contributed by atoms with Crippen LogP contribution in [0.15, 0.2) is 22.8 Å². The molecule has 1 atom stereocenters. The number of aromatic nitrogens is 2. The predicted octanol–water partition coefficient (Wildman–Crippen LogP) is 4.47. The molecule has 0 aliphatic heterocycles. The zero-order valence-electron chi connectivity index (χ0n) is 11.0. The number of nitrogens with one attached hydrogen (secondary N) is 1. The first-order valence-electron chi connectivity index (χ1n) is 6.37. The summed E-state index contributed by atoms with van der Waals surface area (Å²) in [6.45, 7) is 6.08. The first kappa shape index (κ1) is 15.0. The minimum absolute atomic E-state index is 0.130. The fourth-order valence-electron chi connectivity index (χ4n) is 2.07. The van der Waals surface area contributed by atoms with Crippen LogP contribution >= 0.6 is 38.9 Å². The largest absolute Gasteiger partial charge is 0.305 e. The Kier molecular flexibility index (Phi) is 5.45. The van der Waals surface area contributed by atoms with Crippen molar-refractivity contribution in [3.05, 3.63) is 37.7 Å². The molecule has 0 saturated carbocycles. The number of hydrogen-bond acceptors (Lipinski definition) is 3. The van der Waals surface area contributed by atoms with Crippen molar-refractivity contribution in [2.24, 2.45) is 0 Å². The van der Waals surface area contributed by atoms with Crippen LogP contribution in [-0.2, 0) is 6.54 Å². The van der Waals surface area contributed by atoms with E-state index in [0.29, 0.717) is 0 Å². The summed E-state index contributed by atoms with van der Waals surface area (Å²) in [6, 6.07) is 4.15. The van der Waals surface area contributed by atoms with Gasteiger partial charge in [-0.15, -0.1) is 11.3 Å². The van der Waals surface area contributed by atoms with E-state index in [9.17, 15) is 0 Å². The van der Waals surface area contributed by atoms with Crippen molar-refractivity contribution in [1.29, 1.82) is 0 Å². The van der Waals surface area contributed by atoms with E-state index in [4.69, 9.17) is 11.6 Å². The van der Waals surface area contributed by atoms with Gasteiger partial charge in [0.2, 0.25) is 0 Å². The van der Waals surface area contributed by atoms with E-state index >= 15 is 0 Å². The molecule has 104 valence electrons. The molecule has 0 bridgehead atoms. The molecule has 0 fully saturated rings. The lowest BCUT2D eigenvalue weighted by Gasteiger charge is -2.19. The van der Waals surface area contributed by atoms with Crippen molar-refractivity contribution in [3.63, 3.8) is 0 Å². The topological polar surface area (TPSA) is 29.9 Å². The molecule has 1 N–H and O–H groups in total. The number of aryl methyl sites for hydroxylation is 1. The summed E-state index contributed by atoms with van der Waals surface area (Å²) in [6.07, 6.45) is 2.93. The summed E-state index contributed by atoms with van der Waals surface area (Å²) in [7, 11) is 0. The zero-order valence-corrected chi connectivity index (χ0v) is 14.1. The summed E-state index contributed by atoms with van der Waals surface area (Å²) in [5.74, 6) is 0. The SMILES string of the molecule is CCCn1ncc(Br)c1C(NCC)c1ccc(Cl)s1. The molecule has 6 heteroatoms. The van der Waals surface area contributed by atoms with Crippen LogP contribution in [0, 0.1) is 0 Å². The number of thiophene rings is 1. The number of halogens is 2. The van der Waals surface area contributed by atoms with E-state index in [1.165, 1.54) is 10.6 Å². The lowest BCUT2D eigenvalue weighted by molar-refractivity contribution is 0.522. The normalized spacial score (nSPS) is 12.8. The number of nitrogens with zero attached hydrogens (tertiary/aromatic N) is 2. The third-order valence-corrected chi connectivity index (χ3v) is 4.74. The Balaban J connectivity index is 2.41. The van der Waals surface area contributed by atoms with Crippen LogP contribution in [0.1, 0.15) is 36.9 Å². The average molecular weight is 363 g/mol. The number of rotatable bonds is 6. The van der Waals surface area contributed by atoms with Crippen molar-refractivity contribution < 1.29 is 0 Å². The second-order valence-electron chi connectivity index (χ2n) is 4.23. The van der Waals surface area contributed by atoms with E-state index in [1.54, 1.807) is 11.3 Å². The first-order chi connectivity index (χ1) is 9.17. The highest BCUT2D eigenvalue weighted by Crippen LogP contribution is 2.34. The van der Waals surface area contributed by atoms with Crippen molar-refractivity contribution in [2.45, 2.75) is 32.9 Å². The van der Waals surface area contributed by atoms with E-state index in [1.807, 2.05) is 12.3 Å². The van der Waals surface area contributed by atoms with Crippen molar-refractivity contribution >= 4 is 38.9 Å². The van der Waals surface area contributed by atoms with E-state index < -0.39 is 0 Å². The van der Waals surface area contributed by atoms with E-state index in [0.717, 1.165) is 28.3 Å². The van der Waals surface area contributed by atoms with Crippen LogP contribution in [0.4, 0.5) is 0 Å². The molecule has 1 unspecified atom stereocenters. The van der Waals surface area contributed by atoms with Crippen LogP contribution in [0.5, 0.6) is 0 Å². The van der Waals surface area contributed by atoms with Crippen molar-refractivity contribution in [3.8, 4) is 0 Å². The molecular weight excluding hydrogens is 346 g/mol. The highest BCUT2D eigenvalue weighted by Gasteiger charge is 2.22. The van der Waals surface area contributed by atoms with E-state index in [2.05, 4.69) is 50.9 Å². The molecular formula is C13H17BrClN3S. The summed E-state index contributed by atoms with van der Waals surface area (Å²) in [5.41, 5.74) is 1.17. The van der Waals surface area contributed by atoms with Gasteiger partial charge in [0, 0.05) is 11.4 Å². The van der Waals surface area contributed by atoms with Crippen LogP contribution in [-0.4, -0.2) is 16.3 Å². The maximum atomic E-state index is 6.06. The molecule has 2 aromatic heterocycles. The third-order valence-electron chi connectivity index (χ3n) is 2.83. The second-order valence-corrected chi connectivity index (χ2v) is 6.83. The summed E-state index contributed by atoms with van der Waals surface area (Å²) in [5, 5.41) is 7.96. The molecule has 0 aliphatic rings. The second kappa shape index (κ2) is 6.88. The minimum atomic E-state index is 0.130. The van der Waals surface area contributed by atoms with Crippen molar-refractivity contribution in [2.75, 3.05) is 6.54 Å². The van der Waals surface area contributed by atoms with Crippen molar-refractivity contribution in [1.82, 2.24) is 15.1 Å². The molecule has 0 saturated heterocycles. The highest BCUT2D eigenvalue weighted by molar-refractivity contribution is 9.10. The summed E-state index contributed by atoms with van der Waals surface area (Å²) < 4.78 is 3.91. The maximum Gasteiger partial charge on any atom is 0.0931 e. The molecule has 0 radical (unpaired) electrons. The third kappa shape index (κ3) is 3.40. The predicted molar refractivity (Wildman–Crippen MR) is 85.1 cm³/mol. The van der Waals surface area contributed by atoms with Gasteiger partial charge in [-0.05, 0) is 41.0 Å². The zero-order chi connectivity index (χ0) is 13.8. The van der Waals surface area contributed by atoms with Gasteiger partial charge >= 0.3 is 0 Å². The molecule has 2 aromatic rings. The minimum Gasteiger partial charge on any atom is -0.305 e. The Morgan fingerprint density at radius 2 is 2.26 bits per heavy atom. The molecule has 3 nitrogen and oxygen atoms in total. The van der Waals surface area contributed by atoms with Gasteiger partial charge in [0.15, 0.2) is 0 Å². The lowest BCUT2D eigenvalue weighted by atomic mass is 10.1. The molecule has 2 rings (SSSR count). The fraction of sp³-hybridized carbons (Fsp3) is 0.462. The van der Waals surface area contributed by atoms with E-state index in [-0.39, 0.29) is 6.04 Å². The van der Waals surface area contributed by atoms with Gasteiger partial charge in [0.1, 0.15) is 0 Å². The van der Waals surface area contributed by atoms with Crippen LogP contribution < -0.4 is 5.32 Å². The highest BCUT2D eigenvalue weighted by atomic mass is 79.9. The van der Waals surface area contributed by atoms with Gasteiger partial charge < -0.3 is 5.32 Å². The van der Waals surface area contributed by atoms with Crippen LogP contribution in [0.2, 0.25) is 4.34 Å². The van der Waals surface area contributed by atoms with Gasteiger partial charge in [-0.25, -0.2) is 0 Å². The summed E-state index contributed by atoms with van der Waals surface area (Å²) >= 11 is 11.3. The average Bonchev–Trinajstić information content (AvgIpc) is 2.95. The molecule has 0 spiro atoms. The van der Waals surface area contributed by atoms with Crippen LogP contribution in [0.3, 0.4) is 0 Å². The van der Waals surface area contributed by atoms with Gasteiger partial charge in [-0.1, -0.05) is 25.4 Å². The Hall–Kier alpha value is -0.360. The Bertz CT molecular complexity index is 538. The molecule has 2 heterocycles. The van der Waals surface area contributed by atoms with Gasteiger partial charge in [-0.3, -0.25) is 4.68 Å². The smallest absolute Gasteiger partial charge is 0.0931 e. The Labute approximate surface area is 131 Å². The molecule has 0 aliphatic carbocycles. The maximum absolute atomic E-state index is 6.06. The quantitative estimate of drug-likeness (QED) is 0.821. The number of hydrogen-bond donors (Lipinski definition) is 1. The Morgan fingerprint density at radius 3 is 2.84 bits per heavy atom. The van der Waals surface area contributed by atoms with Gasteiger partial charge in [0.05, 0.1) is 26.7 Å². The standard InChI is InChI=1S/C13H17BrClN3S/c1-3-7-18-13(9(14)8-17-18)12(16-4-2)10-5-6-11(15)19-10/h5-6,8,12,16H,3-4,7H2,1-2H3. The van der Waals surface area contributed by atoms with Crippen LogP contribution in [0.25, 0.3) is 0 Å². The van der Waals surface area contributed by atoms with Gasteiger partial charge in [-0.2, -0.15) is 5.10 Å². The lowest BCUT2D eigenvalue weighted by Crippen LogP contribution is -2.24. The molecule has 19 heavy (non-hydrogen) atoms. The molecule has 0 amide bonds. The fourth-order valence-corrected chi connectivity index (χ4v) is 3.73. The molecule has 0 aromatic carbocycles. The Morgan fingerprint density at radius 1 is 1.47 bits per heavy atom. The first-order valence-corrected chi connectivity index (χ1v) is 8.35. The summed E-state index contributed by atoms with van der Waals surface area (Å²) in [4.78, 5) is 1.21.